The molecule has 4 aromatic carbocycles. The molecule has 0 bridgehead atoms. The maximum atomic E-state index is 2.12. The van der Waals surface area contributed by atoms with Crippen LogP contribution in [0.2, 0.25) is 0 Å². The van der Waals surface area contributed by atoms with Crippen molar-refractivity contribution in [1.82, 2.24) is 0 Å². The van der Waals surface area contributed by atoms with Crippen LogP contribution in [0.1, 0.15) is 0 Å². The summed E-state index contributed by atoms with van der Waals surface area (Å²) in [6, 6.07) is 37.5. The van der Waals surface area contributed by atoms with Gasteiger partial charge in [0.25, 0.3) is 0 Å². The summed E-state index contributed by atoms with van der Waals surface area (Å²) < 4.78 is 0. The quantitative estimate of drug-likeness (QED) is 0.384. The molecule has 0 aliphatic rings. The molecule has 4 aromatic rings. The SMILES string of the molecule is [Co+2].c1ccc(-[c-]2cccc2)cc1.c1ccc(-[c-]2cccc2)cc1. The second-order valence-electron chi connectivity index (χ2n) is 5.08. The van der Waals surface area contributed by atoms with E-state index in [4.69, 9.17) is 0 Å². The van der Waals surface area contributed by atoms with E-state index in [-0.39, 0.29) is 16.8 Å². The van der Waals surface area contributed by atoms with Gasteiger partial charge in [0.05, 0.1) is 0 Å². The fraction of sp³-hybridized carbons (Fsp3) is 0. The van der Waals surface area contributed by atoms with Crippen molar-refractivity contribution in [2.24, 2.45) is 0 Å². The van der Waals surface area contributed by atoms with Gasteiger partial charge in [-0.05, 0) is 0 Å². The predicted octanol–water partition coefficient (Wildman–Crippen LogP) is 6.14. The van der Waals surface area contributed by atoms with E-state index in [0.717, 1.165) is 0 Å². The van der Waals surface area contributed by atoms with Gasteiger partial charge >= 0.3 is 16.8 Å². The summed E-state index contributed by atoms with van der Waals surface area (Å²) in [4.78, 5) is 0. The smallest absolute Gasteiger partial charge is 0.152 e. The molecule has 0 unspecified atom stereocenters. The van der Waals surface area contributed by atoms with E-state index in [1.54, 1.807) is 0 Å². The Kier molecular flexibility index (Phi) is 6.61. The Labute approximate surface area is 148 Å². The number of hydrogen-bond donors (Lipinski definition) is 0. The molecular formula is C22H18Co. The van der Waals surface area contributed by atoms with Gasteiger partial charge in [0.1, 0.15) is 0 Å². The molecule has 0 aliphatic carbocycles. The molecule has 0 N–H and O–H groups in total. The van der Waals surface area contributed by atoms with Crippen molar-refractivity contribution >= 4 is 0 Å². The minimum Gasteiger partial charge on any atom is -0.152 e. The molecule has 0 fully saturated rings. The first-order chi connectivity index (χ1) is 10.9. The van der Waals surface area contributed by atoms with Crippen molar-refractivity contribution in [3.8, 4) is 22.3 Å². The van der Waals surface area contributed by atoms with Crippen molar-refractivity contribution in [2.75, 3.05) is 0 Å². The van der Waals surface area contributed by atoms with Gasteiger partial charge in [-0.3, -0.25) is 0 Å². The van der Waals surface area contributed by atoms with Gasteiger partial charge in [-0.15, -0.1) is 59.7 Å². The third-order valence-corrected chi connectivity index (χ3v) is 3.54. The molecule has 0 saturated heterocycles. The maximum Gasteiger partial charge on any atom is 2.00 e. The monoisotopic (exact) mass is 341 g/mol. The third-order valence-electron chi connectivity index (χ3n) is 3.54. The second-order valence-corrected chi connectivity index (χ2v) is 5.08. The largest absolute Gasteiger partial charge is 2.00 e. The van der Waals surface area contributed by atoms with E-state index in [1.807, 2.05) is 12.1 Å². The molecular weight excluding hydrogens is 323 g/mol. The Morgan fingerprint density at radius 2 is 0.696 bits per heavy atom. The minimum absolute atomic E-state index is 0. The number of rotatable bonds is 2. The number of benzene rings is 2. The van der Waals surface area contributed by atoms with Gasteiger partial charge in [0.15, 0.2) is 0 Å². The van der Waals surface area contributed by atoms with Crippen LogP contribution < -0.4 is 0 Å². The molecule has 4 rings (SSSR count). The van der Waals surface area contributed by atoms with E-state index in [1.165, 1.54) is 22.3 Å². The first-order valence-corrected chi connectivity index (χ1v) is 7.48. The molecule has 0 amide bonds. The summed E-state index contributed by atoms with van der Waals surface area (Å²) >= 11 is 0. The van der Waals surface area contributed by atoms with Crippen molar-refractivity contribution < 1.29 is 16.8 Å². The molecule has 0 spiro atoms. The first-order valence-electron chi connectivity index (χ1n) is 7.48. The Balaban J connectivity index is 0.000000160. The van der Waals surface area contributed by atoms with Crippen LogP contribution in [0.4, 0.5) is 0 Å². The van der Waals surface area contributed by atoms with Gasteiger partial charge in [-0.1, -0.05) is 47.5 Å². The summed E-state index contributed by atoms with van der Waals surface area (Å²) in [5.74, 6) is 0. The van der Waals surface area contributed by atoms with Gasteiger partial charge in [-0.2, -0.15) is 24.3 Å². The maximum absolute atomic E-state index is 2.12. The average molecular weight is 341 g/mol. The van der Waals surface area contributed by atoms with Crippen LogP contribution in [0, 0.1) is 0 Å². The van der Waals surface area contributed by atoms with Crippen LogP contribution in [-0.2, 0) is 16.8 Å². The van der Waals surface area contributed by atoms with E-state index in [9.17, 15) is 0 Å². The van der Waals surface area contributed by atoms with Gasteiger partial charge < -0.3 is 0 Å². The Morgan fingerprint density at radius 1 is 0.391 bits per heavy atom. The molecule has 0 aliphatic heterocycles. The molecule has 1 heteroatoms. The van der Waals surface area contributed by atoms with Crippen LogP contribution in [0.15, 0.2) is 109 Å². The van der Waals surface area contributed by atoms with Gasteiger partial charge in [-0.25, -0.2) is 0 Å². The van der Waals surface area contributed by atoms with Crippen LogP contribution in [0.25, 0.3) is 22.3 Å². The Hall–Kier alpha value is -2.35. The Bertz CT molecular complexity index is 682. The van der Waals surface area contributed by atoms with Gasteiger partial charge in [0.2, 0.25) is 0 Å². The average Bonchev–Trinajstić information content (AvgIpc) is 3.31. The van der Waals surface area contributed by atoms with E-state index < -0.39 is 0 Å². The topological polar surface area (TPSA) is 0 Å². The normalized spacial score (nSPS) is 9.39. The van der Waals surface area contributed by atoms with Crippen molar-refractivity contribution in [1.29, 1.82) is 0 Å². The molecule has 0 aromatic heterocycles. The standard InChI is InChI=1S/2C11H9.Co/c2*1-2-6-10(7-3-1)11-8-4-5-9-11;/h2*1-9H;/q2*-1;+2. The third kappa shape index (κ3) is 4.81. The van der Waals surface area contributed by atoms with Gasteiger partial charge in [0, 0.05) is 0 Å². The van der Waals surface area contributed by atoms with E-state index in [2.05, 4.69) is 97.1 Å². The zero-order valence-corrected chi connectivity index (χ0v) is 13.8. The minimum atomic E-state index is 0. The molecule has 0 nitrogen and oxygen atoms in total. The summed E-state index contributed by atoms with van der Waals surface area (Å²) in [7, 11) is 0. The number of hydrogen-bond acceptors (Lipinski definition) is 0. The van der Waals surface area contributed by atoms with Crippen LogP contribution in [0.5, 0.6) is 0 Å². The summed E-state index contributed by atoms with van der Waals surface area (Å²) in [6.07, 6.45) is 0. The van der Waals surface area contributed by atoms with Crippen LogP contribution in [0.3, 0.4) is 0 Å². The second kappa shape index (κ2) is 8.94. The summed E-state index contributed by atoms with van der Waals surface area (Å²) in [5.41, 5.74) is 5.17. The molecule has 0 atom stereocenters. The van der Waals surface area contributed by atoms with E-state index >= 15 is 0 Å². The molecule has 23 heavy (non-hydrogen) atoms. The van der Waals surface area contributed by atoms with Crippen molar-refractivity contribution in [3.05, 3.63) is 109 Å². The fourth-order valence-electron chi connectivity index (χ4n) is 2.39. The zero-order chi connectivity index (χ0) is 15.0. The summed E-state index contributed by atoms with van der Waals surface area (Å²) in [6.45, 7) is 0. The van der Waals surface area contributed by atoms with E-state index in [0.29, 0.717) is 0 Å². The fourth-order valence-corrected chi connectivity index (χ4v) is 2.39. The van der Waals surface area contributed by atoms with Crippen LogP contribution >= 0.6 is 0 Å². The molecule has 1 radical (unpaired) electrons. The predicted molar refractivity (Wildman–Crippen MR) is 94.9 cm³/mol. The Morgan fingerprint density at radius 3 is 1.00 bits per heavy atom. The summed E-state index contributed by atoms with van der Waals surface area (Å²) in [5, 5.41) is 0. The van der Waals surface area contributed by atoms with Crippen molar-refractivity contribution in [3.63, 3.8) is 0 Å². The van der Waals surface area contributed by atoms with Crippen molar-refractivity contribution in [2.45, 2.75) is 0 Å². The molecule has 0 heterocycles. The zero-order valence-electron chi connectivity index (χ0n) is 12.7. The molecule has 0 saturated carbocycles. The first kappa shape index (κ1) is 17.0. The molecule has 115 valence electrons. The van der Waals surface area contributed by atoms with Crippen LogP contribution in [-0.4, -0.2) is 0 Å².